The largest absolute Gasteiger partial charge is 0.346 e. The lowest BCUT2D eigenvalue weighted by molar-refractivity contribution is -0.130. The van der Waals surface area contributed by atoms with E-state index in [1.807, 2.05) is 31.4 Å². The van der Waals surface area contributed by atoms with Gasteiger partial charge in [-0.05, 0) is 30.2 Å². The van der Waals surface area contributed by atoms with E-state index in [1.165, 1.54) is 0 Å². The highest BCUT2D eigenvalue weighted by Gasteiger charge is 2.16. The number of aryl methyl sites for hydroxylation is 1. The average Bonchev–Trinajstić information content (AvgIpc) is 2.97. The highest BCUT2D eigenvalue weighted by Crippen LogP contribution is 2.29. The predicted molar refractivity (Wildman–Crippen MR) is 109 cm³/mol. The van der Waals surface area contributed by atoms with Crippen LogP contribution in [0.3, 0.4) is 0 Å². The summed E-state index contributed by atoms with van der Waals surface area (Å²) in [5.74, 6) is 0.980. The van der Waals surface area contributed by atoms with Crippen LogP contribution >= 0.6 is 23.2 Å². The van der Waals surface area contributed by atoms with Crippen molar-refractivity contribution in [3.63, 3.8) is 0 Å². The highest BCUT2D eigenvalue weighted by molar-refractivity contribution is 6.42. The van der Waals surface area contributed by atoms with Crippen LogP contribution in [-0.4, -0.2) is 38.9 Å². The number of hydrogen-bond acceptors (Lipinski definition) is 3. The molecular formula is C20H22Cl2N4O. The van der Waals surface area contributed by atoms with E-state index >= 15 is 0 Å². The van der Waals surface area contributed by atoms with Crippen molar-refractivity contribution in [1.82, 2.24) is 19.4 Å². The summed E-state index contributed by atoms with van der Waals surface area (Å²) < 4.78 is 2.06. The molecule has 0 aliphatic rings. The minimum atomic E-state index is 0.117. The molecule has 7 heteroatoms. The number of fused-ring (bicyclic) bond motifs is 1. The molecule has 5 nitrogen and oxygen atoms in total. The average molecular weight is 405 g/mol. The van der Waals surface area contributed by atoms with E-state index in [-0.39, 0.29) is 5.91 Å². The van der Waals surface area contributed by atoms with E-state index in [9.17, 15) is 4.79 Å². The Kier molecular flexibility index (Phi) is 6.34. The van der Waals surface area contributed by atoms with Crippen molar-refractivity contribution >= 4 is 40.1 Å². The molecule has 0 spiro atoms. The zero-order valence-electron chi connectivity index (χ0n) is 15.5. The number of benzene rings is 1. The van der Waals surface area contributed by atoms with Gasteiger partial charge in [-0.1, -0.05) is 36.2 Å². The van der Waals surface area contributed by atoms with Crippen molar-refractivity contribution in [2.24, 2.45) is 0 Å². The van der Waals surface area contributed by atoms with E-state index in [1.54, 1.807) is 17.2 Å². The summed E-state index contributed by atoms with van der Waals surface area (Å²) in [5, 5.41) is 0.952. The Morgan fingerprint density at radius 3 is 2.74 bits per heavy atom. The van der Waals surface area contributed by atoms with E-state index < -0.39 is 0 Å². The summed E-state index contributed by atoms with van der Waals surface area (Å²) >= 11 is 12.4. The number of carbonyl (C=O) groups excluding carboxylic acids is 1. The summed E-state index contributed by atoms with van der Waals surface area (Å²) in [6.45, 7) is 3.36. The minimum absolute atomic E-state index is 0.117. The molecule has 3 aromatic rings. The Morgan fingerprint density at radius 1 is 1.26 bits per heavy atom. The zero-order chi connectivity index (χ0) is 19.4. The van der Waals surface area contributed by atoms with Crippen LogP contribution in [0.5, 0.6) is 0 Å². The topological polar surface area (TPSA) is 51.0 Å². The van der Waals surface area contributed by atoms with Gasteiger partial charge in [-0.25, -0.2) is 4.98 Å². The van der Waals surface area contributed by atoms with Gasteiger partial charge in [0.05, 0.1) is 21.1 Å². The third kappa shape index (κ3) is 4.60. The van der Waals surface area contributed by atoms with Gasteiger partial charge in [0, 0.05) is 45.4 Å². The summed E-state index contributed by atoms with van der Waals surface area (Å²) in [6, 6.07) is 7.50. The first kappa shape index (κ1) is 19.6. The van der Waals surface area contributed by atoms with Crippen LogP contribution < -0.4 is 0 Å². The molecule has 1 aromatic carbocycles. The number of carbonyl (C=O) groups is 1. The molecule has 0 saturated heterocycles. The summed E-state index contributed by atoms with van der Waals surface area (Å²) in [4.78, 5) is 23.1. The standard InChI is InChI=1S/C20H22Cl2N4O/c1-3-8-25(2)20(27)6-9-26-18-12-16(22)15(21)11-17(18)24-19(26)10-14-5-4-7-23-13-14/h4-5,7,11-13H,3,6,8-10H2,1-2H3. The third-order valence-corrected chi connectivity index (χ3v) is 5.21. The maximum absolute atomic E-state index is 12.4. The second-order valence-electron chi connectivity index (χ2n) is 6.54. The van der Waals surface area contributed by atoms with Gasteiger partial charge in [0.1, 0.15) is 5.82 Å². The van der Waals surface area contributed by atoms with Gasteiger partial charge in [-0.3, -0.25) is 9.78 Å². The van der Waals surface area contributed by atoms with Crippen LogP contribution in [0.15, 0.2) is 36.7 Å². The first-order valence-corrected chi connectivity index (χ1v) is 9.72. The van der Waals surface area contributed by atoms with Gasteiger partial charge in [-0.2, -0.15) is 0 Å². The number of imidazole rings is 1. The highest BCUT2D eigenvalue weighted by atomic mass is 35.5. The fourth-order valence-electron chi connectivity index (χ4n) is 3.10. The van der Waals surface area contributed by atoms with E-state index in [0.29, 0.717) is 29.4 Å². The minimum Gasteiger partial charge on any atom is -0.346 e. The Balaban J connectivity index is 1.93. The lowest BCUT2D eigenvalue weighted by atomic mass is 10.2. The number of amides is 1. The lowest BCUT2D eigenvalue weighted by Crippen LogP contribution is -2.28. The van der Waals surface area contributed by atoms with Crippen LogP contribution in [-0.2, 0) is 17.8 Å². The first-order valence-electron chi connectivity index (χ1n) is 8.96. The monoisotopic (exact) mass is 404 g/mol. The number of aromatic nitrogens is 3. The van der Waals surface area contributed by atoms with Crippen molar-refractivity contribution in [2.75, 3.05) is 13.6 Å². The Bertz CT molecular complexity index is 940. The number of pyridine rings is 1. The van der Waals surface area contributed by atoms with E-state index in [2.05, 4.69) is 16.5 Å². The molecule has 0 fully saturated rings. The van der Waals surface area contributed by atoms with Gasteiger partial charge in [0.2, 0.25) is 5.91 Å². The van der Waals surface area contributed by atoms with Crippen molar-refractivity contribution < 1.29 is 4.79 Å². The predicted octanol–water partition coefficient (Wildman–Crippen LogP) is 4.59. The van der Waals surface area contributed by atoms with Crippen LogP contribution in [0, 0.1) is 0 Å². The van der Waals surface area contributed by atoms with Gasteiger partial charge in [0.15, 0.2) is 0 Å². The van der Waals surface area contributed by atoms with Gasteiger partial charge < -0.3 is 9.47 Å². The number of halogens is 2. The van der Waals surface area contributed by atoms with Gasteiger partial charge in [0.25, 0.3) is 0 Å². The zero-order valence-corrected chi connectivity index (χ0v) is 17.0. The van der Waals surface area contributed by atoms with Crippen molar-refractivity contribution in [3.05, 3.63) is 58.1 Å². The molecule has 27 heavy (non-hydrogen) atoms. The third-order valence-electron chi connectivity index (χ3n) is 4.49. The molecule has 3 rings (SSSR count). The SMILES string of the molecule is CCCN(C)C(=O)CCn1c(Cc2cccnc2)nc2cc(Cl)c(Cl)cc21. The Labute approximate surface area is 168 Å². The van der Waals surface area contributed by atoms with Crippen LogP contribution in [0.4, 0.5) is 0 Å². The number of hydrogen-bond donors (Lipinski definition) is 0. The van der Waals surface area contributed by atoms with Crippen molar-refractivity contribution in [2.45, 2.75) is 32.7 Å². The second-order valence-corrected chi connectivity index (χ2v) is 7.35. The lowest BCUT2D eigenvalue weighted by Gasteiger charge is -2.17. The van der Waals surface area contributed by atoms with Gasteiger partial charge >= 0.3 is 0 Å². The van der Waals surface area contributed by atoms with Crippen LogP contribution in [0.2, 0.25) is 10.0 Å². The molecule has 0 aliphatic carbocycles. The molecule has 0 atom stereocenters. The number of nitrogens with zero attached hydrogens (tertiary/aromatic N) is 4. The summed E-state index contributed by atoms with van der Waals surface area (Å²) in [6.07, 6.45) is 5.54. The molecule has 0 aliphatic heterocycles. The van der Waals surface area contributed by atoms with Crippen LogP contribution in [0.1, 0.15) is 31.2 Å². The fourth-order valence-corrected chi connectivity index (χ4v) is 3.41. The Morgan fingerprint density at radius 2 is 2.04 bits per heavy atom. The quantitative estimate of drug-likeness (QED) is 0.578. The molecule has 2 aromatic heterocycles. The molecule has 0 N–H and O–H groups in total. The number of rotatable bonds is 7. The first-order chi connectivity index (χ1) is 13.0. The normalized spacial score (nSPS) is 11.1. The molecule has 1 amide bonds. The van der Waals surface area contributed by atoms with Crippen molar-refractivity contribution in [3.8, 4) is 0 Å². The second kappa shape index (κ2) is 8.72. The fraction of sp³-hybridized carbons (Fsp3) is 0.350. The molecule has 0 saturated carbocycles. The van der Waals surface area contributed by atoms with E-state index in [0.717, 1.165) is 35.4 Å². The van der Waals surface area contributed by atoms with Crippen LogP contribution in [0.25, 0.3) is 11.0 Å². The molecule has 0 radical (unpaired) electrons. The van der Waals surface area contributed by atoms with Gasteiger partial charge in [-0.15, -0.1) is 0 Å². The molecular weight excluding hydrogens is 383 g/mol. The summed E-state index contributed by atoms with van der Waals surface area (Å²) in [7, 11) is 1.84. The Hall–Kier alpha value is -2.11. The summed E-state index contributed by atoms with van der Waals surface area (Å²) in [5.41, 5.74) is 2.72. The maximum atomic E-state index is 12.4. The molecule has 0 bridgehead atoms. The molecule has 2 heterocycles. The maximum Gasteiger partial charge on any atom is 0.224 e. The molecule has 0 unspecified atom stereocenters. The smallest absolute Gasteiger partial charge is 0.224 e. The van der Waals surface area contributed by atoms with E-state index in [4.69, 9.17) is 28.2 Å². The van der Waals surface area contributed by atoms with Crippen molar-refractivity contribution in [1.29, 1.82) is 0 Å². The molecule has 142 valence electrons.